The third-order valence-electron chi connectivity index (χ3n) is 7.51. The first kappa shape index (κ1) is 24.8. The molecule has 1 aliphatic carbocycles. The number of thioether (sulfide) groups is 1. The highest BCUT2D eigenvalue weighted by atomic mass is 32.2. The van der Waals surface area contributed by atoms with Gasteiger partial charge >= 0.3 is 0 Å². The van der Waals surface area contributed by atoms with Gasteiger partial charge in [-0.25, -0.2) is 0 Å². The Kier molecular flexibility index (Phi) is 9.74. The maximum Gasteiger partial charge on any atom is 0.199 e. The SMILES string of the molecule is N/C(=N\C(=S)Nc1ccc(N2CCC(N3CCCCC3)CC2)cc1)SCC1CCCCCC1. The molecule has 182 valence electrons. The lowest BCUT2D eigenvalue weighted by molar-refractivity contribution is 0.141. The number of benzene rings is 1. The minimum atomic E-state index is 0.441. The number of likely N-dealkylation sites (tertiary alicyclic amines) is 1. The Morgan fingerprint density at radius 1 is 0.909 bits per heavy atom. The largest absolute Gasteiger partial charge is 0.378 e. The van der Waals surface area contributed by atoms with Gasteiger partial charge in [0, 0.05) is 36.3 Å². The van der Waals surface area contributed by atoms with Gasteiger partial charge in [0.2, 0.25) is 0 Å². The molecule has 4 rings (SSSR count). The fraction of sp³-hybridized carbons (Fsp3) is 0.692. The monoisotopic (exact) mass is 487 g/mol. The van der Waals surface area contributed by atoms with Crippen molar-refractivity contribution in [1.82, 2.24) is 4.90 Å². The van der Waals surface area contributed by atoms with E-state index in [9.17, 15) is 0 Å². The second-order valence-electron chi connectivity index (χ2n) is 9.91. The van der Waals surface area contributed by atoms with Crippen molar-refractivity contribution in [2.75, 3.05) is 42.1 Å². The molecule has 3 fully saturated rings. The molecule has 0 spiro atoms. The van der Waals surface area contributed by atoms with Crippen molar-refractivity contribution >= 4 is 45.6 Å². The molecule has 0 amide bonds. The molecule has 1 aromatic carbocycles. The molecule has 0 unspecified atom stereocenters. The van der Waals surface area contributed by atoms with Crippen molar-refractivity contribution in [3.8, 4) is 0 Å². The second kappa shape index (κ2) is 13.0. The zero-order chi connectivity index (χ0) is 22.9. The lowest BCUT2D eigenvalue weighted by Gasteiger charge is -2.41. The normalized spacial score (nSPS) is 22.2. The summed E-state index contributed by atoms with van der Waals surface area (Å²) in [4.78, 5) is 9.66. The first-order chi connectivity index (χ1) is 16.2. The molecule has 2 heterocycles. The quantitative estimate of drug-likeness (QED) is 0.235. The van der Waals surface area contributed by atoms with Crippen LogP contribution in [0.4, 0.5) is 11.4 Å². The molecule has 3 aliphatic rings. The Labute approximate surface area is 209 Å². The van der Waals surface area contributed by atoms with E-state index in [4.69, 9.17) is 18.0 Å². The summed E-state index contributed by atoms with van der Waals surface area (Å²) in [5.74, 6) is 1.83. The standard InChI is InChI=1S/C26H41N5S2/c27-25(33-20-21-8-4-1-2-5-9-21)29-26(32)28-22-10-12-23(13-11-22)31-18-14-24(15-19-31)30-16-6-3-7-17-30/h10-13,21,24H,1-9,14-20H2,(H3,27,28,29,32). The maximum absolute atomic E-state index is 6.15. The predicted octanol–water partition coefficient (Wildman–Crippen LogP) is 5.86. The number of thiocarbonyl (C=S) groups is 1. The summed E-state index contributed by atoms with van der Waals surface area (Å²) in [5.41, 5.74) is 8.41. The predicted molar refractivity (Wildman–Crippen MR) is 149 cm³/mol. The Hall–Kier alpha value is -1.31. The molecule has 0 radical (unpaired) electrons. The van der Waals surface area contributed by atoms with Crippen LogP contribution in [0.15, 0.2) is 29.3 Å². The molecule has 2 saturated heterocycles. The van der Waals surface area contributed by atoms with Crippen molar-refractivity contribution in [2.24, 2.45) is 16.6 Å². The smallest absolute Gasteiger partial charge is 0.199 e. The fourth-order valence-electron chi connectivity index (χ4n) is 5.55. The number of nitrogens with one attached hydrogen (secondary N) is 1. The van der Waals surface area contributed by atoms with Gasteiger partial charge in [-0.3, -0.25) is 0 Å². The van der Waals surface area contributed by atoms with Crippen LogP contribution < -0.4 is 16.0 Å². The summed E-state index contributed by atoms with van der Waals surface area (Å²) in [6.07, 6.45) is 14.9. The van der Waals surface area contributed by atoms with Crippen LogP contribution in [-0.4, -0.2) is 53.2 Å². The van der Waals surface area contributed by atoms with Gasteiger partial charge in [-0.2, -0.15) is 4.99 Å². The Balaban J connectivity index is 1.20. The summed E-state index contributed by atoms with van der Waals surface area (Å²) in [6, 6.07) is 9.37. The van der Waals surface area contributed by atoms with Gasteiger partial charge in [-0.1, -0.05) is 43.9 Å². The highest BCUT2D eigenvalue weighted by molar-refractivity contribution is 8.13. The van der Waals surface area contributed by atoms with E-state index < -0.39 is 0 Å². The Bertz CT molecular complexity index is 759. The molecule has 1 aromatic rings. The number of aliphatic imine (C=N–C) groups is 1. The van der Waals surface area contributed by atoms with Crippen LogP contribution in [0.2, 0.25) is 0 Å². The first-order valence-corrected chi connectivity index (χ1v) is 14.4. The van der Waals surface area contributed by atoms with E-state index in [1.165, 1.54) is 89.4 Å². The molecule has 5 nitrogen and oxygen atoms in total. The summed E-state index contributed by atoms with van der Waals surface area (Å²) >= 11 is 7.08. The highest BCUT2D eigenvalue weighted by Gasteiger charge is 2.25. The molecule has 33 heavy (non-hydrogen) atoms. The van der Waals surface area contributed by atoms with Crippen LogP contribution in [0.5, 0.6) is 0 Å². The van der Waals surface area contributed by atoms with Crippen molar-refractivity contribution in [1.29, 1.82) is 0 Å². The average Bonchev–Trinajstić information content (AvgIpc) is 3.13. The van der Waals surface area contributed by atoms with Gasteiger partial charge in [0.15, 0.2) is 10.3 Å². The van der Waals surface area contributed by atoms with Gasteiger partial charge in [-0.05, 0) is 94.0 Å². The summed E-state index contributed by atoms with van der Waals surface area (Å²) in [6.45, 7) is 4.89. The molecular weight excluding hydrogens is 446 g/mol. The van der Waals surface area contributed by atoms with Gasteiger partial charge in [0.05, 0.1) is 0 Å². The minimum absolute atomic E-state index is 0.441. The topological polar surface area (TPSA) is 56.9 Å². The van der Waals surface area contributed by atoms with Crippen molar-refractivity contribution in [3.05, 3.63) is 24.3 Å². The molecule has 0 aromatic heterocycles. The molecule has 7 heteroatoms. The van der Waals surface area contributed by atoms with E-state index in [1.54, 1.807) is 11.8 Å². The van der Waals surface area contributed by atoms with Crippen molar-refractivity contribution in [3.63, 3.8) is 0 Å². The zero-order valence-electron chi connectivity index (χ0n) is 20.0. The first-order valence-electron chi connectivity index (χ1n) is 13.0. The molecule has 0 atom stereocenters. The summed E-state index contributed by atoms with van der Waals surface area (Å²) < 4.78 is 0. The second-order valence-corrected chi connectivity index (χ2v) is 11.3. The highest BCUT2D eigenvalue weighted by Crippen LogP contribution is 2.27. The summed E-state index contributed by atoms with van der Waals surface area (Å²) in [5, 5.41) is 4.24. The van der Waals surface area contributed by atoms with E-state index in [2.05, 4.69) is 44.4 Å². The lowest BCUT2D eigenvalue weighted by Crippen LogP contribution is -2.46. The fourth-order valence-corrected chi connectivity index (χ4v) is 6.72. The van der Waals surface area contributed by atoms with Crippen LogP contribution in [0, 0.1) is 5.92 Å². The molecule has 3 N–H and O–H groups in total. The van der Waals surface area contributed by atoms with E-state index in [0.717, 1.165) is 36.5 Å². The number of anilines is 2. The van der Waals surface area contributed by atoms with Crippen LogP contribution in [0.3, 0.4) is 0 Å². The lowest BCUT2D eigenvalue weighted by atomic mass is 9.99. The Morgan fingerprint density at radius 3 is 2.21 bits per heavy atom. The van der Waals surface area contributed by atoms with Gasteiger partial charge < -0.3 is 20.9 Å². The van der Waals surface area contributed by atoms with Crippen LogP contribution in [0.25, 0.3) is 0 Å². The number of piperidine rings is 2. The van der Waals surface area contributed by atoms with Gasteiger partial charge in [-0.15, -0.1) is 0 Å². The molecule has 0 bridgehead atoms. The van der Waals surface area contributed by atoms with Crippen LogP contribution >= 0.6 is 24.0 Å². The molecular formula is C26H41N5S2. The van der Waals surface area contributed by atoms with E-state index in [1.807, 2.05) is 0 Å². The molecule has 1 saturated carbocycles. The van der Waals surface area contributed by atoms with E-state index >= 15 is 0 Å². The van der Waals surface area contributed by atoms with Gasteiger partial charge in [0.25, 0.3) is 0 Å². The number of nitrogens with two attached hydrogens (primary N) is 1. The third-order valence-corrected chi connectivity index (χ3v) is 8.73. The van der Waals surface area contributed by atoms with Crippen LogP contribution in [-0.2, 0) is 0 Å². The van der Waals surface area contributed by atoms with E-state index in [0.29, 0.717) is 10.3 Å². The maximum atomic E-state index is 6.15. The number of amidine groups is 1. The van der Waals surface area contributed by atoms with Gasteiger partial charge in [0.1, 0.15) is 0 Å². The van der Waals surface area contributed by atoms with Crippen molar-refractivity contribution in [2.45, 2.75) is 76.7 Å². The third kappa shape index (κ3) is 7.86. The summed E-state index contributed by atoms with van der Waals surface area (Å²) in [7, 11) is 0. The molecule has 2 aliphatic heterocycles. The van der Waals surface area contributed by atoms with Crippen molar-refractivity contribution < 1.29 is 0 Å². The van der Waals surface area contributed by atoms with Crippen LogP contribution in [0.1, 0.15) is 70.6 Å². The average molecular weight is 488 g/mol. The zero-order valence-corrected chi connectivity index (χ0v) is 21.6. The number of rotatable bonds is 5. The van der Waals surface area contributed by atoms with E-state index in [-0.39, 0.29) is 0 Å². The number of hydrogen-bond acceptors (Lipinski definition) is 4. The number of hydrogen-bond donors (Lipinski definition) is 2. The Morgan fingerprint density at radius 2 is 1.55 bits per heavy atom. The minimum Gasteiger partial charge on any atom is -0.378 e. The number of nitrogens with zero attached hydrogens (tertiary/aromatic N) is 3.